The Hall–Kier alpha value is 0.628. The van der Waals surface area contributed by atoms with E-state index in [4.69, 9.17) is 13.6 Å². The Balaban J connectivity index is 0.000000743. The van der Waals surface area contributed by atoms with Gasteiger partial charge in [-0.25, -0.2) is 0 Å². The van der Waals surface area contributed by atoms with Crippen LogP contribution in [0.3, 0.4) is 0 Å². The quantitative estimate of drug-likeness (QED) is 0.0691. The fraction of sp³-hybridized carbons (Fsp3) is 0.500. The largest absolute Gasteiger partial charge is 0.809 e. The zero-order valence-electron chi connectivity index (χ0n) is 30.8. The maximum atomic E-state index is 11.4. The third-order valence-electron chi connectivity index (χ3n) is 7.38. The molecule has 0 aliphatic heterocycles. The minimum Gasteiger partial charge on any atom is -0.809 e. The van der Waals surface area contributed by atoms with Crippen molar-refractivity contribution in [2.75, 3.05) is 0 Å². The van der Waals surface area contributed by atoms with Gasteiger partial charge in [-0.05, 0) is 90.1 Å². The van der Waals surface area contributed by atoms with E-state index in [-0.39, 0.29) is 21.1 Å². The van der Waals surface area contributed by atoms with Crippen LogP contribution in [0.25, 0.3) is 0 Å². The topological polar surface area (TPSA) is 96.9 Å². The number of aryl methyl sites for hydroxylation is 3. The second-order valence-corrected chi connectivity index (χ2v) is 25.8. The summed E-state index contributed by atoms with van der Waals surface area (Å²) in [5, 5.41) is 0. The minimum absolute atomic E-state index is 0. The molecule has 6 nitrogen and oxygen atoms in total. The normalized spacial score (nSPS) is 14.1. The van der Waals surface area contributed by atoms with Crippen molar-refractivity contribution < 1.29 is 49.3 Å². The molecule has 294 valence electrons. The van der Waals surface area contributed by atoms with Gasteiger partial charge in [-0.2, -0.15) is 0 Å². The monoisotopic (exact) mass is 962 g/mol. The van der Waals surface area contributed by atoms with Crippen LogP contribution in [0.1, 0.15) is 113 Å². The molecule has 0 spiro atoms. The molecular weight excluding hydrogens is 910 g/mol. The van der Waals surface area contributed by atoms with Crippen molar-refractivity contribution in [3.63, 3.8) is 0 Å². The zero-order chi connectivity index (χ0) is 38.7. The molecule has 3 aromatic carbocycles. The fourth-order valence-corrected chi connectivity index (χ4v) is 8.24. The minimum atomic E-state index is -3.31. The number of hydrogen-bond donors (Lipinski definition) is 0. The van der Waals surface area contributed by atoms with Gasteiger partial charge in [0.15, 0.2) is 0 Å². The zero-order valence-corrected chi connectivity index (χ0v) is 40.4. The molecule has 3 rings (SSSR count). The number of rotatable bonds is 18. The van der Waals surface area contributed by atoms with E-state index in [0.29, 0.717) is 17.2 Å². The van der Waals surface area contributed by atoms with Gasteiger partial charge in [0.1, 0.15) is 17.2 Å². The SMILES string of the molecule is CCCc1cccc(OP([O-])(=S)[S-])c1CCC.CCCc1cccc(OP([O-])(=S)[S-])c1CCC.CCCc1cccc(OP([O-])(=S)[S-])c1CCC.[Mo]. The maximum absolute atomic E-state index is 11.4. The summed E-state index contributed by atoms with van der Waals surface area (Å²) in [6.45, 7) is 12.7. The van der Waals surface area contributed by atoms with Gasteiger partial charge in [0.25, 0.3) is 0 Å². The summed E-state index contributed by atoms with van der Waals surface area (Å²) in [6, 6.07) is 17.4. The summed E-state index contributed by atoms with van der Waals surface area (Å²) >= 11 is 28.0. The van der Waals surface area contributed by atoms with Gasteiger partial charge in [-0.3, -0.25) is 0 Å². The molecule has 0 bridgehead atoms. The van der Waals surface area contributed by atoms with E-state index < -0.39 is 17.1 Å². The van der Waals surface area contributed by atoms with Crippen molar-refractivity contribution in [1.29, 1.82) is 0 Å². The van der Waals surface area contributed by atoms with E-state index in [1.54, 1.807) is 18.2 Å². The van der Waals surface area contributed by atoms with Crippen molar-refractivity contribution in [3.05, 3.63) is 88.0 Å². The maximum Gasteiger partial charge on any atom is 0.123 e. The first-order chi connectivity index (χ1) is 23.9. The van der Waals surface area contributed by atoms with Crippen molar-refractivity contribution in [2.24, 2.45) is 0 Å². The Morgan fingerprint density at radius 2 is 0.654 bits per heavy atom. The average Bonchev–Trinajstić information content (AvgIpc) is 3.01. The molecule has 52 heavy (non-hydrogen) atoms. The van der Waals surface area contributed by atoms with Gasteiger partial charge in [0.2, 0.25) is 0 Å². The molecule has 0 aliphatic carbocycles. The summed E-state index contributed by atoms with van der Waals surface area (Å²) in [5.74, 6) is 1.81. The second kappa shape index (κ2) is 27.3. The summed E-state index contributed by atoms with van der Waals surface area (Å²) in [7, 11) is 0. The van der Waals surface area contributed by atoms with E-state index in [2.05, 4.69) is 132 Å². The van der Waals surface area contributed by atoms with Crippen LogP contribution >= 0.6 is 17.1 Å². The smallest absolute Gasteiger partial charge is 0.123 e. The third kappa shape index (κ3) is 21.8. The summed E-state index contributed by atoms with van der Waals surface area (Å²) in [5.41, 5.74) is -2.90. The standard InChI is InChI=1S/3C12H19O2PS2.Mo/c3*1-3-6-10-8-5-9-12(11(10)7-4-2)14-15(13,16)17;/h3*5,8-9H,3-4,6-7H2,1-2H3,(H2,13,16,17);/p-6. The molecule has 3 unspecified atom stereocenters. The summed E-state index contributed by atoms with van der Waals surface area (Å²) < 4.78 is 15.8. The van der Waals surface area contributed by atoms with Gasteiger partial charge in [-0.15, -0.1) is 0 Å². The molecule has 3 aromatic rings. The van der Waals surface area contributed by atoms with Gasteiger partial charge in [0.05, 0.1) is 0 Å². The van der Waals surface area contributed by atoms with Gasteiger partial charge >= 0.3 is 0 Å². The van der Waals surface area contributed by atoms with E-state index in [1.807, 2.05) is 18.2 Å². The van der Waals surface area contributed by atoms with Crippen LogP contribution in [-0.4, -0.2) is 0 Å². The van der Waals surface area contributed by atoms with Gasteiger partial charge < -0.3 is 65.0 Å². The van der Waals surface area contributed by atoms with Crippen LogP contribution in [0, 0.1) is 0 Å². The van der Waals surface area contributed by atoms with E-state index in [9.17, 15) is 14.7 Å². The Kier molecular flexibility index (Phi) is 27.6. The number of hydrogen-bond acceptors (Lipinski definition) is 12. The molecule has 3 atom stereocenters. The average molecular weight is 961 g/mol. The Labute approximate surface area is 359 Å². The second-order valence-electron chi connectivity index (χ2n) is 11.8. The molecule has 0 aromatic heterocycles. The van der Waals surface area contributed by atoms with Crippen molar-refractivity contribution in [1.82, 2.24) is 0 Å². The molecule has 0 aliphatic rings. The van der Waals surface area contributed by atoms with Crippen molar-refractivity contribution >= 4 is 89.2 Å². The summed E-state index contributed by atoms with van der Waals surface area (Å²) in [6.07, 6.45) is 11.9. The number of benzene rings is 3. The summed E-state index contributed by atoms with van der Waals surface area (Å²) in [4.78, 5) is 34.3. The van der Waals surface area contributed by atoms with Crippen molar-refractivity contribution in [2.45, 2.75) is 119 Å². The molecule has 0 saturated carbocycles. The van der Waals surface area contributed by atoms with Gasteiger partial charge in [0, 0.05) is 21.1 Å². The predicted molar refractivity (Wildman–Crippen MR) is 230 cm³/mol. The Bertz CT molecular complexity index is 1440. The fourth-order valence-electron chi connectivity index (χ4n) is 5.56. The Morgan fingerprint density at radius 1 is 0.442 bits per heavy atom. The van der Waals surface area contributed by atoms with E-state index >= 15 is 0 Å². The first kappa shape index (κ1) is 52.6. The molecule has 16 heteroatoms. The molecule has 0 amide bonds. The van der Waals surface area contributed by atoms with Crippen LogP contribution in [0.15, 0.2) is 54.6 Å². The van der Waals surface area contributed by atoms with Gasteiger partial charge in [-0.1, -0.05) is 169 Å². The van der Waals surface area contributed by atoms with Crippen LogP contribution < -0.4 is 28.3 Å². The van der Waals surface area contributed by atoms with Crippen LogP contribution in [0.2, 0.25) is 0 Å². The first-order valence-corrected chi connectivity index (χ1v) is 28.4. The molecule has 0 fully saturated rings. The first-order valence-electron chi connectivity index (χ1n) is 17.4. The molecule has 0 N–H and O–H groups in total. The van der Waals surface area contributed by atoms with E-state index in [1.165, 1.54) is 16.7 Å². The van der Waals surface area contributed by atoms with Crippen molar-refractivity contribution in [3.8, 4) is 17.2 Å². The molecule has 0 saturated heterocycles. The molecule has 0 radical (unpaired) electrons. The molecular formula is C36H51MoO6P3S6-6. The van der Waals surface area contributed by atoms with E-state index in [0.717, 1.165) is 93.7 Å². The third-order valence-corrected chi connectivity index (χ3v) is 9.98. The van der Waals surface area contributed by atoms with Crippen LogP contribution in [-0.2, 0) is 132 Å². The predicted octanol–water partition coefficient (Wildman–Crippen LogP) is 9.30. The van der Waals surface area contributed by atoms with Crippen LogP contribution in [0.4, 0.5) is 0 Å². The Morgan fingerprint density at radius 3 is 0.827 bits per heavy atom. The van der Waals surface area contributed by atoms with Crippen LogP contribution in [0.5, 0.6) is 17.2 Å². The molecule has 0 heterocycles.